The maximum atomic E-state index is 3.31. The van der Waals surface area contributed by atoms with E-state index in [4.69, 9.17) is 0 Å². The minimum atomic E-state index is 0. The van der Waals surface area contributed by atoms with Crippen LogP contribution < -0.4 is 5.43 Å². The van der Waals surface area contributed by atoms with Crippen LogP contribution in [-0.4, -0.2) is 18.1 Å². The Balaban J connectivity index is 0. The summed E-state index contributed by atoms with van der Waals surface area (Å²) in [6, 6.07) is 10.2. The maximum Gasteiger partial charge on any atom is 0.0490 e. The van der Waals surface area contributed by atoms with Crippen LogP contribution in [0, 0.1) is 0 Å². The normalized spacial score (nSPS) is 8.79. The first-order valence-electron chi connectivity index (χ1n) is 4.43. The number of para-hydroxylation sites is 1. The number of nitrogens with one attached hydrogen (secondary N) is 1. The molecule has 0 unspecified atom stereocenters. The second-order valence-corrected chi connectivity index (χ2v) is 2.65. The second kappa shape index (κ2) is 9.13. The van der Waals surface area contributed by atoms with E-state index >= 15 is 0 Å². The van der Waals surface area contributed by atoms with E-state index in [2.05, 4.69) is 36.4 Å². The number of hydrazine groups is 1. The Morgan fingerprint density at radius 1 is 1.00 bits per heavy atom. The number of hydrogen-bond acceptors (Lipinski definition) is 2. The maximum absolute atomic E-state index is 3.31. The van der Waals surface area contributed by atoms with E-state index in [0.29, 0.717) is 0 Å². The lowest BCUT2D eigenvalue weighted by Crippen LogP contribution is -2.29. The number of benzene rings is 1. The third-order valence-electron chi connectivity index (χ3n) is 1.82. The van der Waals surface area contributed by atoms with Gasteiger partial charge in [-0.25, -0.2) is 5.01 Å². The van der Waals surface area contributed by atoms with E-state index in [1.54, 1.807) is 0 Å². The van der Waals surface area contributed by atoms with Crippen molar-refractivity contribution in [3.05, 3.63) is 30.3 Å². The van der Waals surface area contributed by atoms with Crippen LogP contribution >= 0.6 is 24.8 Å². The molecule has 4 heteroatoms. The van der Waals surface area contributed by atoms with E-state index in [0.717, 1.165) is 18.8 Å². The molecule has 82 valence electrons. The van der Waals surface area contributed by atoms with Gasteiger partial charge in [0.05, 0.1) is 0 Å². The van der Waals surface area contributed by atoms with Crippen molar-refractivity contribution in [2.45, 2.75) is 13.8 Å². The fourth-order valence-electron chi connectivity index (χ4n) is 1.08. The van der Waals surface area contributed by atoms with E-state index in [-0.39, 0.29) is 24.8 Å². The third-order valence-corrected chi connectivity index (χ3v) is 1.82. The zero-order valence-electron chi connectivity index (χ0n) is 8.56. The van der Waals surface area contributed by atoms with Crippen LogP contribution in [0.25, 0.3) is 0 Å². The Kier molecular flexibility index (Phi) is 10.4. The molecule has 0 heterocycles. The lowest BCUT2D eigenvalue weighted by molar-refractivity contribution is 0.367. The Labute approximate surface area is 98.5 Å². The van der Waals surface area contributed by atoms with Crippen molar-refractivity contribution >= 4 is 30.5 Å². The van der Waals surface area contributed by atoms with Crippen molar-refractivity contribution in [2.75, 3.05) is 18.5 Å². The Bertz CT molecular complexity index is 213. The SMILES string of the molecule is CCN(CC)Nc1ccccc1.Cl.Cl. The smallest absolute Gasteiger partial charge is 0.0490 e. The molecular formula is C10H18Cl2N2. The second-order valence-electron chi connectivity index (χ2n) is 2.65. The van der Waals surface area contributed by atoms with Gasteiger partial charge in [-0.2, -0.15) is 0 Å². The van der Waals surface area contributed by atoms with Gasteiger partial charge in [0.15, 0.2) is 0 Å². The van der Waals surface area contributed by atoms with Gasteiger partial charge in [-0.05, 0) is 12.1 Å². The van der Waals surface area contributed by atoms with Gasteiger partial charge >= 0.3 is 0 Å². The quantitative estimate of drug-likeness (QED) is 0.809. The van der Waals surface area contributed by atoms with Gasteiger partial charge in [0, 0.05) is 18.8 Å². The summed E-state index contributed by atoms with van der Waals surface area (Å²) in [4.78, 5) is 0. The molecule has 14 heavy (non-hydrogen) atoms. The summed E-state index contributed by atoms with van der Waals surface area (Å²) >= 11 is 0. The molecule has 0 fully saturated rings. The first kappa shape index (κ1) is 16.0. The summed E-state index contributed by atoms with van der Waals surface area (Å²) in [6.07, 6.45) is 0. The van der Waals surface area contributed by atoms with Gasteiger partial charge in [-0.15, -0.1) is 24.8 Å². The largest absolute Gasteiger partial charge is 0.319 e. The van der Waals surface area contributed by atoms with E-state index in [1.165, 1.54) is 0 Å². The van der Waals surface area contributed by atoms with Crippen molar-refractivity contribution in [3.63, 3.8) is 0 Å². The summed E-state index contributed by atoms with van der Waals surface area (Å²) in [5.74, 6) is 0. The van der Waals surface area contributed by atoms with Gasteiger partial charge in [0.25, 0.3) is 0 Å². The highest BCUT2D eigenvalue weighted by Crippen LogP contribution is 2.05. The molecule has 0 bridgehead atoms. The van der Waals surface area contributed by atoms with Crippen LogP contribution in [0.2, 0.25) is 0 Å². The van der Waals surface area contributed by atoms with Crippen LogP contribution in [0.15, 0.2) is 30.3 Å². The summed E-state index contributed by atoms with van der Waals surface area (Å²) in [5, 5.41) is 2.16. The number of nitrogens with zero attached hydrogens (tertiary/aromatic N) is 1. The van der Waals surface area contributed by atoms with Crippen molar-refractivity contribution < 1.29 is 0 Å². The lowest BCUT2D eigenvalue weighted by Gasteiger charge is -2.20. The Morgan fingerprint density at radius 2 is 1.50 bits per heavy atom. The lowest BCUT2D eigenvalue weighted by atomic mass is 10.3. The summed E-state index contributed by atoms with van der Waals surface area (Å²) in [7, 11) is 0. The summed E-state index contributed by atoms with van der Waals surface area (Å²) in [6.45, 7) is 6.32. The highest BCUT2D eigenvalue weighted by molar-refractivity contribution is 5.85. The van der Waals surface area contributed by atoms with Crippen LogP contribution in [0.5, 0.6) is 0 Å². The van der Waals surface area contributed by atoms with Crippen molar-refractivity contribution in [1.29, 1.82) is 0 Å². The first-order valence-corrected chi connectivity index (χ1v) is 4.43. The number of anilines is 1. The molecule has 1 aromatic carbocycles. The zero-order valence-corrected chi connectivity index (χ0v) is 10.2. The average Bonchev–Trinajstić information content (AvgIpc) is 2.16. The minimum absolute atomic E-state index is 0. The van der Waals surface area contributed by atoms with Gasteiger partial charge < -0.3 is 5.43 Å². The van der Waals surface area contributed by atoms with Gasteiger partial charge in [-0.3, -0.25) is 0 Å². The molecule has 2 nitrogen and oxygen atoms in total. The minimum Gasteiger partial charge on any atom is -0.319 e. The fraction of sp³-hybridized carbons (Fsp3) is 0.400. The fourth-order valence-corrected chi connectivity index (χ4v) is 1.08. The Hall–Kier alpha value is -0.440. The molecule has 0 amide bonds. The standard InChI is InChI=1S/C10H16N2.2ClH/c1-3-12(4-2)11-10-8-6-5-7-9-10;;/h5-9,11H,3-4H2,1-2H3;2*1H. The highest BCUT2D eigenvalue weighted by atomic mass is 35.5. The number of halogens is 2. The molecule has 0 spiro atoms. The van der Waals surface area contributed by atoms with E-state index in [9.17, 15) is 0 Å². The molecule has 0 atom stereocenters. The average molecular weight is 237 g/mol. The number of rotatable bonds is 4. The van der Waals surface area contributed by atoms with E-state index < -0.39 is 0 Å². The van der Waals surface area contributed by atoms with Crippen LogP contribution in [0.4, 0.5) is 5.69 Å². The molecule has 0 radical (unpaired) electrons. The predicted molar refractivity (Wildman–Crippen MR) is 67.5 cm³/mol. The molecule has 0 saturated heterocycles. The Morgan fingerprint density at radius 3 is 1.93 bits per heavy atom. The first-order chi connectivity index (χ1) is 5.86. The topological polar surface area (TPSA) is 15.3 Å². The van der Waals surface area contributed by atoms with Gasteiger partial charge in [-0.1, -0.05) is 32.0 Å². The zero-order chi connectivity index (χ0) is 8.81. The van der Waals surface area contributed by atoms with Crippen LogP contribution in [0.3, 0.4) is 0 Å². The molecule has 0 aliphatic heterocycles. The monoisotopic (exact) mass is 236 g/mol. The van der Waals surface area contributed by atoms with E-state index in [1.807, 2.05) is 18.2 Å². The molecule has 0 saturated carbocycles. The predicted octanol–water partition coefficient (Wildman–Crippen LogP) is 3.20. The molecule has 0 aliphatic carbocycles. The van der Waals surface area contributed by atoms with Gasteiger partial charge in [0.2, 0.25) is 0 Å². The molecular weight excluding hydrogens is 219 g/mol. The van der Waals surface area contributed by atoms with Crippen LogP contribution in [0.1, 0.15) is 13.8 Å². The molecule has 0 aliphatic rings. The molecule has 1 rings (SSSR count). The van der Waals surface area contributed by atoms with Crippen molar-refractivity contribution in [3.8, 4) is 0 Å². The van der Waals surface area contributed by atoms with Gasteiger partial charge in [0.1, 0.15) is 0 Å². The third kappa shape index (κ3) is 5.32. The summed E-state index contributed by atoms with van der Waals surface area (Å²) in [5.41, 5.74) is 4.47. The molecule has 0 aromatic heterocycles. The van der Waals surface area contributed by atoms with Crippen molar-refractivity contribution in [2.24, 2.45) is 0 Å². The van der Waals surface area contributed by atoms with Crippen molar-refractivity contribution in [1.82, 2.24) is 5.01 Å². The number of hydrogen-bond donors (Lipinski definition) is 1. The molecule has 1 aromatic rings. The van der Waals surface area contributed by atoms with Crippen LogP contribution in [-0.2, 0) is 0 Å². The highest BCUT2D eigenvalue weighted by Gasteiger charge is 1.96. The molecule has 1 N–H and O–H groups in total. The summed E-state index contributed by atoms with van der Waals surface area (Å²) < 4.78 is 0.